The van der Waals surface area contributed by atoms with Crippen molar-refractivity contribution in [1.29, 1.82) is 0 Å². The molecule has 264 valence electrons. The molecule has 0 aromatic carbocycles. The van der Waals surface area contributed by atoms with Crippen LogP contribution >= 0.6 is 0 Å². The summed E-state index contributed by atoms with van der Waals surface area (Å²) in [7, 11) is 6.42. The first-order valence-electron chi connectivity index (χ1n) is 14.4. The molecule has 0 bridgehead atoms. The van der Waals surface area contributed by atoms with Crippen molar-refractivity contribution in [2.24, 2.45) is 5.73 Å². The lowest BCUT2D eigenvalue weighted by Crippen LogP contribution is -2.45. The zero-order chi connectivity index (χ0) is 35.5. The Labute approximate surface area is 267 Å². The highest BCUT2D eigenvalue weighted by atomic mass is 16.7. The van der Waals surface area contributed by atoms with Gasteiger partial charge in [-0.3, -0.25) is 14.4 Å². The fourth-order valence-corrected chi connectivity index (χ4v) is 3.49. The Kier molecular flexibility index (Phi) is 25.2. The molecule has 19 nitrogen and oxygen atoms in total. The molecule has 19 heteroatoms. The number of hydrogen-bond acceptors (Lipinski definition) is 14. The minimum atomic E-state index is -1.10. The second-order valence-corrected chi connectivity index (χ2v) is 9.02. The summed E-state index contributed by atoms with van der Waals surface area (Å²) in [6, 6.07) is -1.64. The molecule has 0 aliphatic carbocycles. The minimum absolute atomic E-state index is 0.0274. The van der Waals surface area contributed by atoms with Crippen LogP contribution in [-0.4, -0.2) is 114 Å². The van der Waals surface area contributed by atoms with Crippen molar-refractivity contribution < 1.29 is 62.1 Å². The summed E-state index contributed by atoms with van der Waals surface area (Å²) >= 11 is 0. The van der Waals surface area contributed by atoms with E-state index >= 15 is 0 Å². The zero-order valence-electron chi connectivity index (χ0n) is 27.3. The average Bonchev–Trinajstić information content (AvgIpc) is 3.38. The smallest absolute Gasteiger partial charge is 0.407 e. The maximum atomic E-state index is 12.1. The number of unbranched alkanes of at least 4 members (excludes halogenated alkanes) is 2. The second kappa shape index (κ2) is 26.7. The van der Waals surface area contributed by atoms with Gasteiger partial charge in [0.25, 0.3) is 11.8 Å². The van der Waals surface area contributed by atoms with Crippen molar-refractivity contribution in [2.45, 2.75) is 76.8 Å². The molecule has 2 atom stereocenters. The lowest BCUT2D eigenvalue weighted by molar-refractivity contribution is -0.199. The molecule has 1 saturated heterocycles. The Bertz CT molecular complexity index is 979. The van der Waals surface area contributed by atoms with Crippen LogP contribution < -0.4 is 27.0 Å². The minimum Gasteiger partial charge on any atom is -0.453 e. The van der Waals surface area contributed by atoms with E-state index in [9.17, 15) is 38.4 Å². The van der Waals surface area contributed by atoms with E-state index in [1.165, 1.54) is 28.4 Å². The zero-order valence-corrected chi connectivity index (χ0v) is 27.3. The summed E-state index contributed by atoms with van der Waals surface area (Å²) in [6.45, 7) is 2.53. The highest BCUT2D eigenvalue weighted by Gasteiger charge is 2.35. The number of ketones is 1. The van der Waals surface area contributed by atoms with Gasteiger partial charge < -0.3 is 50.8 Å². The molecule has 1 fully saturated rings. The topological polar surface area (TPSA) is 260 Å². The number of amides is 6. The predicted octanol–water partition coefficient (Wildman–Crippen LogP) is 0.636. The number of nitrogens with zero attached hydrogens (tertiary/aromatic N) is 1. The van der Waals surface area contributed by atoms with E-state index in [-0.39, 0.29) is 25.0 Å². The van der Waals surface area contributed by atoms with Gasteiger partial charge in [-0.25, -0.2) is 24.0 Å². The number of carbonyl (C=O) groups is 8. The third-order valence-electron chi connectivity index (χ3n) is 5.91. The summed E-state index contributed by atoms with van der Waals surface area (Å²) in [4.78, 5) is 95.6. The summed E-state index contributed by atoms with van der Waals surface area (Å²) in [5.41, 5.74) is 4.50. The van der Waals surface area contributed by atoms with E-state index in [0.29, 0.717) is 56.7 Å². The summed E-state index contributed by atoms with van der Waals surface area (Å²) in [6.07, 6.45) is 0.805. The molecule has 6 N–H and O–H groups in total. The number of hydroxylamine groups is 2. The monoisotopic (exact) mass is 664 g/mol. The fraction of sp³-hybridized carbons (Fsp3) is 0.704. The Balaban J connectivity index is 0. The molecule has 0 aromatic rings. The molecule has 46 heavy (non-hydrogen) atoms. The lowest BCUT2D eigenvalue weighted by Gasteiger charge is -2.19. The van der Waals surface area contributed by atoms with E-state index in [0.717, 1.165) is 7.11 Å². The van der Waals surface area contributed by atoms with Crippen LogP contribution in [-0.2, 0) is 43.0 Å². The van der Waals surface area contributed by atoms with Crippen LogP contribution in [0.4, 0.5) is 19.2 Å². The van der Waals surface area contributed by atoms with E-state index < -0.39 is 54.2 Å². The predicted molar refractivity (Wildman–Crippen MR) is 160 cm³/mol. The molecule has 1 aliphatic rings. The Morgan fingerprint density at radius 2 is 1.07 bits per heavy atom. The first kappa shape index (κ1) is 43.4. The van der Waals surface area contributed by atoms with E-state index in [2.05, 4.69) is 45.9 Å². The first-order chi connectivity index (χ1) is 21.9. The number of alkyl carbamates (subject to hydrolysis) is 4. The van der Waals surface area contributed by atoms with Crippen molar-refractivity contribution in [3.05, 3.63) is 0 Å². The van der Waals surface area contributed by atoms with E-state index in [4.69, 9.17) is 4.84 Å². The normalized spacial score (nSPS) is 12.8. The van der Waals surface area contributed by atoms with Gasteiger partial charge >= 0.3 is 30.3 Å². The highest BCUT2D eigenvalue weighted by Crippen LogP contribution is 2.14. The number of ether oxygens (including phenoxy) is 4. The highest BCUT2D eigenvalue weighted by molar-refractivity contribution is 6.01. The first-order valence-corrected chi connectivity index (χ1v) is 14.4. The molecule has 1 heterocycles. The lowest BCUT2D eigenvalue weighted by atomic mass is 10.0. The van der Waals surface area contributed by atoms with Crippen molar-refractivity contribution in [3.63, 3.8) is 0 Å². The standard InChI is InChI=1S/C14H21N3O8.C12H22N2O5.CH5N/c1-23-13(21)15-8-4-3-5-9(16-14(22)24-2)12(20)25-17-10(18)6-7-11(17)19;1-4-10(15)9(14-12(17)19-3)7-5-6-8-13-11(16)18-2;1-2/h9H,3-8H2,1-2H3,(H,15,21)(H,16,22);9H,4-8H2,1-3H3,(H,13,16)(H,14,17);2H2,1H3. The molecule has 0 spiro atoms. The van der Waals surface area contributed by atoms with Crippen molar-refractivity contribution in [2.75, 3.05) is 48.6 Å². The second-order valence-electron chi connectivity index (χ2n) is 9.02. The SMILES string of the molecule is CCC(=O)C(CCCCNC(=O)OC)NC(=O)OC.CN.COC(=O)NCCCCC(NC(=O)OC)C(=O)ON1C(=O)CCC1=O. The number of carbonyl (C=O) groups excluding carboxylic acids is 8. The van der Waals surface area contributed by atoms with Crippen molar-refractivity contribution in [1.82, 2.24) is 26.3 Å². The van der Waals surface area contributed by atoms with Gasteiger partial charge in [-0.15, -0.1) is 5.06 Å². The molecular formula is C27H48N6O13. The van der Waals surface area contributed by atoms with Crippen LogP contribution in [0.1, 0.15) is 64.7 Å². The van der Waals surface area contributed by atoms with Gasteiger partial charge in [0, 0.05) is 32.4 Å². The van der Waals surface area contributed by atoms with Gasteiger partial charge in [0.05, 0.1) is 34.5 Å². The average molecular weight is 665 g/mol. The Morgan fingerprint density at radius 3 is 1.46 bits per heavy atom. The van der Waals surface area contributed by atoms with Gasteiger partial charge in [0.1, 0.15) is 6.04 Å². The maximum absolute atomic E-state index is 12.1. The van der Waals surface area contributed by atoms with Crippen LogP contribution in [0.3, 0.4) is 0 Å². The Morgan fingerprint density at radius 1 is 0.674 bits per heavy atom. The molecule has 0 aromatic heterocycles. The number of rotatable bonds is 16. The number of hydrogen-bond donors (Lipinski definition) is 5. The molecule has 2 unspecified atom stereocenters. The Hall–Kier alpha value is -4.68. The summed E-state index contributed by atoms with van der Waals surface area (Å²) in [5, 5.41) is 10.2. The van der Waals surface area contributed by atoms with Gasteiger partial charge in [-0.2, -0.15) is 0 Å². The third-order valence-corrected chi connectivity index (χ3v) is 5.91. The molecule has 1 rings (SSSR count). The molecular weight excluding hydrogens is 616 g/mol. The van der Waals surface area contributed by atoms with Crippen molar-refractivity contribution in [3.8, 4) is 0 Å². The van der Waals surface area contributed by atoms with Gasteiger partial charge in [-0.05, 0) is 45.6 Å². The largest absolute Gasteiger partial charge is 0.453 e. The fourth-order valence-electron chi connectivity index (χ4n) is 3.49. The maximum Gasteiger partial charge on any atom is 0.407 e. The molecule has 0 saturated carbocycles. The quantitative estimate of drug-likeness (QED) is 0.0862. The number of nitrogens with two attached hydrogens (primary N) is 1. The van der Waals surface area contributed by atoms with Crippen LogP contribution in [0.25, 0.3) is 0 Å². The van der Waals surface area contributed by atoms with Crippen LogP contribution in [0, 0.1) is 0 Å². The van der Waals surface area contributed by atoms with E-state index in [1.54, 1.807) is 6.92 Å². The number of nitrogens with one attached hydrogen (secondary N) is 4. The summed E-state index contributed by atoms with van der Waals surface area (Å²) < 4.78 is 17.7. The molecule has 6 amide bonds. The van der Waals surface area contributed by atoms with Gasteiger partial charge in [0.15, 0.2) is 5.78 Å². The number of imide groups is 1. The van der Waals surface area contributed by atoms with Gasteiger partial charge in [0.2, 0.25) is 0 Å². The van der Waals surface area contributed by atoms with Crippen LogP contribution in [0.2, 0.25) is 0 Å². The number of Topliss-reactive ketones (excluding diaryl/α,β-unsaturated/α-hetero) is 1. The van der Waals surface area contributed by atoms with E-state index in [1.807, 2.05) is 0 Å². The summed E-state index contributed by atoms with van der Waals surface area (Å²) in [5.74, 6) is -2.21. The molecule has 1 aliphatic heterocycles. The molecule has 0 radical (unpaired) electrons. The van der Waals surface area contributed by atoms with Gasteiger partial charge in [-0.1, -0.05) is 6.92 Å². The number of methoxy groups -OCH3 is 4. The van der Waals surface area contributed by atoms with Crippen molar-refractivity contribution >= 4 is 47.9 Å². The van der Waals surface area contributed by atoms with Crippen LogP contribution in [0.15, 0.2) is 0 Å². The van der Waals surface area contributed by atoms with Crippen LogP contribution in [0.5, 0.6) is 0 Å². The third kappa shape index (κ3) is 19.6.